The molecule has 0 aliphatic carbocycles. The molecule has 0 saturated heterocycles. The second-order valence-electron chi connectivity index (χ2n) is 7.44. The largest absolute Gasteiger partial charge is 0.294 e. The van der Waals surface area contributed by atoms with E-state index in [-0.39, 0.29) is 22.3 Å². The first-order valence-corrected chi connectivity index (χ1v) is 12.0. The number of sulfonamides is 1. The fraction of sp³-hybridized carbons (Fsp3) is 0.174. The van der Waals surface area contributed by atoms with Crippen molar-refractivity contribution in [3.8, 4) is 0 Å². The first kappa shape index (κ1) is 22.5. The van der Waals surface area contributed by atoms with E-state index >= 15 is 0 Å². The molecule has 0 fully saturated rings. The van der Waals surface area contributed by atoms with Crippen LogP contribution < -0.4 is 4.31 Å². The second-order valence-corrected chi connectivity index (χ2v) is 10.2. The number of fused-ring (bicyclic) bond motifs is 1. The van der Waals surface area contributed by atoms with Crippen molar-refractivity contribution in [2.45, 2.75) is 24.2 Å². The van der Waals surface area contributed by atoms with Crippen LogP contribution in [-0.4, -0.2) is 20.7 Å². The van der Waals surface area contributed by atoms with E-state index < -0.39 is 38.8 Å². The number of aryl methyl sites for hydroxylation is 1. The molecule has 166 valence electrons. The van der Waals surface area contributed by atoms with Crippen molar-refractivity contribution in [2.75, 3.05) is 10.8 Å². The summed E-state index contributed by atoms with van der Waals surface area (Å²) in [5, 5.41) is 0. The summed E-state index contributed by atoms with van der Waals surface area (Å²) in [5.41, 5.74) is 0.972. The molecule has 0 amide bonds. The molecule has 0 aromatic heterocycles. The minimum atomic E-state index is -3.95. The molecule has 0 radical (unpaired) electrons. The third kappa shape index (κ3) is 4.31. The molecule has 9 heteroatoms. The number of Topliss-reactive ketones (excluding diaryl/α,β-unsaturated/α-hetero) is 1. The summed E-state index contributed by atoms with van der Waals surface area (Å²) in [6.45, 7) is 0.222. The van der Waals surface area contributed by atoms with E-state index in [1.165, 1.54) is 16.4 Å². The molecule has 0 bridgehead atoms. The molecule has 0 saturated carbocycles. The summed E-state index contributed by atoms with van der Waals surface area (Å²) in [6.07, 6.45) is 0.948. The van der Waals surface area contributed by atoms with Crippen molar-refractivity contribution in [3.63, 3.8) is 0 Å². The van der Waals surface area contributed by atoms with Gasteiger partial charge in [-0.2, -0.15) is 0 Å². The minimum absolute atomic E-state index is 0.0489. The van der Waals surface area contributed by atoms with Crippen molar-refractivity contribution in [2.24, 2.45) is 0 Å². The Balaban J connectivity index is 1.68. The summed E-state index contributed by atoms with van der Waals surface area (Å²) in [5.74, 6) is -3.24. The molecule has 4 nitrogen and oxygen atoms in total. The summed E-state index contributed by atoms with van der Waals surface area (Å²) in [6, 6.07) is 11.5. The molecule has 1 aliphatic heterocycles. The van der Waals surface area contributed by atoms with Crippen LogP contribution in [-0.2, 0) is 22.9 Å². The molecule has 0 N–H and O–H groups in total. The number of hydrogen-bond acceptors (Lipinski definition) is 3. The van der Waals surface area contributed by atoms with Crippen LogP contribution in [0, 0.1) is 17.5 Å². The van der Waals surface area contributed by atoms with Crippen LogP contribution in [0.2, 0.25) is 0 Å². The lowest BCUT2D eigenvalue weighted by molar-refractivity contribution is 0.0985. The Morgan fingerprint density at radius 1 is 0.969 bits per heavy atom. The molecule has 0 unspecified atom stereocenters. The predicted molar refractivity (Wildman–Crippen MR) is 118 cm³/mol. The van der Waals surface area contributed by atoms with Crippen molar-refractivity contribution in [3.05, 3.63) is 93.2 Å². The topological polar surface area (TPSA) is 54.5 Å². The van der Waals surface area contributed by atoms with Gasteiger partial charge in [-0.3, -0.25) is 9.10 Å². The van der Waals surface area contributed by atoms with E-state index in [4.69, 9.17) is 0 Å². The standard InChI is InChI=1S/C23H17BrF3NO3S/c24-16-12-19(26)23(20(27)13-16)22(29)11-14-3-4-15-2-1-9-28(21(15)10-14)32(30,31)18-7-5-17(25)6-8-18/h3-8,10,12-13H,1-2,9,11H2. The van der Waals surface area contributed by atoms with E-state index in [1.807, 2.05) is 0 Å². The summed E-state index contributed by atoms with van der Waals surface area (Å²) in [7, 11) is -3.95. The van der Waals surface area contributed by atoms with Gasteiger partial charge in [-0.1, -0.05) is 28.1 Å². The summed E-state index contributed by atoms with van der Waals surface area (Å²) in [4.78, 5) is 12.6. The number of rotatable bonds is 5. The van der Waals surface area contributed by atoms with Crippen molar-refractivity contribution in [1.29, 1.82) is 0 Å². The van der Waals surface area contributed by atoms with Crippen LogP contribution in [0.5, 0.6) is 0 Å². The van der Waals surface area contributed by atoms with Gasteiger partial charge in [0.2, 0.25) is 0 Å². The van der Waals surface area contributed by atoms with Crippen LogP contribution in [0.4, 0.5) is 18.9 Å². The maximum atomic E-state index is 14.2. The Labute approximate surface area is 191 Å². The molecular weight excluding hydrogens is 507 g/mol. The van der Waals surface area contributed by atoms with Gasteiger partial charge in [0.15, 0.2) is 5.78 Å². The zero-order valence-electron chi connectivity index (χ0n) is 16.6. The molecule has 4 rings (SSSR count). The number of anilines is 1. The van der Waals surface area contributed by atoms with Crippen molar-refractivity contribution < 1.29 is 26.4 Å². The lowest BCUT2D eigenvalue weighted by Crippen LogP contribution is -2.35. The third-order valence-corrected chi connectivity index (χ3v) is 7.56. The van der Waals surface area contributed by atoms with Crippen LogP contribution in [0.1, 0.15) is 27.9 Å². The van der Waals surface area contributed by atoms with Crippen molar-refractivity contribution >= 4 is 37.4 Å². The van der Waals surface area contributed by atoms with Gasteiger partial charge in [-0.25, -0.2) is 21.6 Å². The molecule has 3 aromatic carbocycles. The maximum absolute atomic E-state index is 14.2. The molecule has 0 spiro atoms. The molecule has 0 atom stereocenters. The first-order chi connectivity index (χ1) is 15.2. The third-order valence-electron chi connectivity index (χ3n) is 5.28. The van der Waals surface area contributed by atoms with Crippen LogP contribution in [0.15, 0.2) is 64.0 Å². The fourth-order valence-electron chi connectivity index (χ4n) is 3.76. The Hall–Kier alpha value is -2.65. The number of carbonyl (C=O) groups is 1. The summed E-state index contributed by atoms with van der Waals surface area (Å²) < 4.78 is 69.3. The number of nitrogens with zero attached hydrogens (tertiary/aromatic N) is 1. The lowest BCUT2D eigenvalue weighted by Gasteiger charge is -2.31. The smallest absolute Gasteiger partial charge is 0.264 e. The Morgan fingerprint density at radius 2 is 1.62 bits per heavy atom. The Morgan fingerprint density at radius 3 is 2.28 bits per heavy atom. The maximum Gasteiger partial charge on any atom is 0.264 e. The van der Waals surface area contributed by atoms with Gasteiger partial charge in [0.1, 0.15) is 17.5 Å². The van der Waals surface area contributed by atoms with Gasteiger partial charge < -0.3 is 0 Å². The van der Waals surface area contributed by atoms with E-state index in [1.54, 1.807) is 18.2 Å². The SMILES string of the molecule is O=C(Cc1ccc2c(c1)N(S(=O)(=O)c1ccc(F)cc1)CCC2)c1c(F)cc(Br)cc1F. The fourth-order valence-corrected chi connectivity index (χ4v) is 5.70. The lowest BCUT2D eigenvalue weighted by atomic mass is 9.97. The molecule has 3 aromatic rings. The highest BCUT2D eigenvalue weighted by molar-refractivity contribution is 9.10. The number of halogens is 4. The van der Waals surface area contributed by atoms with E-state index in [0.29, 0.717) is 24.1 Å². The zero-order chi connectivity index (χ0) is 23.0. The van der Waals surface area contributed by atoms with Crippen LogP contribution in [0.3, 0.4) is 0 Å². The van der Waals surface area contributed by atoms with Gasteiger partial charge in [0.05, 0.1) is 16.1 Å². The number of benzene rings is 3. The Bertz CT molecular complexity index is 1290. The second kappa shape index (κ2) is 8.71. The minimum Gasteiger partial charge on any atom is -0.294 e. The Kier molecular flexibility index (Phi) is 6.13. The quantitative estimate of drug-likeness (QED) is 0.419. The van der Waals surface area contributed by atoms with Crippen molar-refractivity contribution in [1.82, 2.24) is 0 Å². The summed E-state index contributed by atoms with van der Waals surface area (Å²) >= 11 is 2.98. The van der Waals surface area contributed by atoms with Crippen LogP contribution >= 0.6 is 15.9 Å². The normalized spacial score (nSPS) is 13.7. The van der Waals surface area contributed by atoms with E-state index in [0.717, 1.165) is 29.8 Å². The zero-order valence-corrected chi connectivity index (χ0v) is 19.0. The molecular formula is C23H17BrF3NO3S. The average Bonchev–Trinajstić information content (AvgIpc) is 2.72. The van der Waals surface area contributed by atoms with Gasteiger partial charge >= 0.3 is 0 Å². The van der Waals surface area contributed by atoms with Gasteiger partial charge in [0.25, 0.3) is 10.0 Å². The van der Waals surface area contributed by atoms with Gasteiger partial charge in [-0.15, -0.1) is 0 Å². The highest BCUT2D eigenvalue weighted by Gasteiger charge is 2.29. The van der Waals surface area contributed by atoms with E-state index in [2.05, 4.69) is 15.9 Å². The van der Waals surface area contributed by atoms with E-state index in [9.17, 15) is 26.4 Å². The number of hydrogen-bond donors (Lipinski definition) is 0. The van der Waals surface area contributed by atoms with Crippen LogP contribution in [0.25, 0.3) is 0 Å². The highest BCUT2D eigenvalue weighted by Crippen LogP contribution is 2.33. The average molecular weight is 524 g/mol. The van der Waals surface area contributed by atoms with Gasteiger partial charge in [-0.05, 0) is 66.4 Å². The molecule has 32 heavy (non-hydrogen) atoms. The number of carbonyl (C=O) groups excluding carboxylic acids is 1. The monoisotopic (exact) mass is 523 g/mol. The molecule has 1 heterocycles. The predicted octanol–water partition coefficient (Wildman–Crippen LogP) is 5.43. The van der Waals surface area contributed by atoms with Gasteiger partial charge in [0, 0.05) is 17.4 Å². The number of ketones is 1. The first-order valence-electron chi connectivity index (χ1n) is 9.74. The highest BCUT2D eigenvalue weighted by atomic mass is 79.9. The molecule has 1 aliphatic rings.